The number of carbonyl (C=O) groups excluding carboxylic acids is 2. The van der Waals surface area contributed by atoms with Crippen molar-refractivity contribution in [3.05, 3.63) is 12.2 Å². The van der Waals surface area contributed by atoms with Gasteiger partial charge in [0, 0.05) is 18.8 Å². The van der Waals surface area contributed by atoms with Crippen LogP contribution >= 0.6 is 0 Å². The maximum Gasteiger partial charge on any atom is 1.00 e. The van der Waals surface area contributed by atoms with E-state index >= 15 is 0 Å². The van der Waals surface area contributed by atoms with Crippen molar-refractivity contribution >= 4 is 17.8 Å². The number of nitrogens with one attached hydrogen (secondary N) is 1. The number of carbonyl (C=O) groups is 3. The first-order valence-electron chi connectivity index (χ1n) is 10.6. The summed E-state index contributed by atoms with van der Waals surface area (Å²) < 4.78 is 0.537. The van der Waals surface area contributed by atoms with Crippen LogP contribution in [-0.4, -0.2) is 71.9 Å². The molecule has 168 valence electrons. The first-order chi connectivity index (χ1) is 13.8. The quantitative estimate of drug-likeness (QED) is 0.0944. The molecule has 0 saturated carbocycles. The van der Waals surface area contributed by atoms with Crippen LogP contribution < -0.4 is 29.3 Å². The van der Waals surface area contributed by atoms with E-state index in [9.17, 15) is 24.6 Å². The second kappa shape index (κ2) is 19.6. The van der Waals surface area contributed by atoms with E-state index in [2.05, 4.69) is 12.2 Å². The maximum atomic E-state index is 12.0. The third-order valence-electron chi connectivity index (χ3n) is 4.94. The number of hydrogen-bond donors (Lipinski definition) is 3. The van der Waals surface area contributed by atoms with Gasteiger partial charge < -0.3 is 29.9 Å². The van der Waals surface area contributed by atoms with Crippen LogP contribution in [-0.2, 0) is 14.4 Å². The Hall–Kier alpha value is -1.33. The second-order valence-corrected chi connectivity index (χ2v) is 7.45. The average Bonchev–Trinajstić information content (AvgIpc) is 2.66. The normalized spacial score (nSPS) is 12.9. The molecule has 0 saturated heterocycles. The zero-order valence-corrected chi connectivity index (χ0v) is 18.7. The molecule has 1 unspecified atom stereocenters. The van der Waals surface area contributed by atoms with Gasteiger partial charge in [-0.1, -0.05) is 25.5 Å². The number of aliphatic hydroxyl groups is 1. The third-order valence-corrected chi connectivity index (χ3v) is 4.94. The van der Waals surface area contributed by atoms with Gasteiger partial charge in [0.15, 0.2) is 0 Å². The number of nitrogens with zero attached hydrogens (tertiary/aromatic N) is 1. The minimum atomic E-state index is -1.07. The van der Waals surface area contributed by atoms with Gasteiger partial charge in [-0.2, -0.15) is 0 Å². The molecule has 1 atom stereocenters. The molecule has 30 heavy (non-hydrogen) atoms. The molecule has 0 aromatic rings. The molecule has 1 amide bonds. The van der Waals surface area contributed by atoms with Gasteiger partial charge in [-0.25, -0.2) is 0 Å². The van der Waals surface area contributed by atoms with Gasteiger partial charge in [-0.05, 0) is 38.5 Å². The van der Waals surface area contributed by atoms with Crippen LogP contribution in [0.4, 0.5) is 0 Å². The summed E-state index contributed by atoms with van der Waals surface area (Å²) in [7, 11) is 0. The number of allylic oxidation sites excluding steroid dienone is 1. The molecule has 3 N–H and O–H groups in total. The minimum absolute atomic E-state index is 0. The monoisotopic (exact) mass is 421 g/mol. The Bertz CT molecular complexity index is 492. The summed E-state index contributed by atoms with van der Waals surface area (Å²) >= 11 is 0. The third kappa shape index (κ3) is 17.5. The summed E-state index contributed by atoms with van der Waals surface area (Å²) in [6, 6.07) is 0. The topological polar surface area (TPSA) is 127 Å². The predicted octanol–water partition coefficient (Wildman–Crippen LogP) is -2.16. The summed E-state index contributed by atoms with van der Waals surface area (Å²) in [6.07, 6.45) is 8.69. The Labute approximate surface area is 192 Å². The van der Waals surface area contributed by atoms with Crippen molar-refractivity contribution in [1.82, 2.24) is 5.32 Å². The second-order valence-electron chi connectivity index (χ2n) is 7.45. The molecule has 0 aliphatic rings. The van der Waals surface area contributed by atoms with Crippen molar-refractivity contribution in [3.63, 3.8) is 0 Å². The maximum absolute atomic E-state index is 12.0. The molecule has 9 heteroatoms. The smallest absolute Gasteiger partial charge is 0.550 e. The van der Waals surface area contributed by atoms with Gasteiger partial charge >= 0.3 is 24.8 Å². The van der Waals surface area contributed by atoms with E-state index in [-0.39, 0.29) is 44.2 Å². The number of amides is 1. The number of rotatable bonds is 19. The van der Waals surface area contributed by atoms with Crippen LogP contribution in [0.25, 0.3) is 0 Å². The molecule has 0 fully saturated rings. The predicted molar refractivity (Wildman–Crippen MR) is 109 cm³/mol. The fourth-order valence-electron chi connectivity index (χ4n) is 3.30. The molecular formula is C21H38LiN2O6+. The first kappa shape index (κ1) is 30.9. The molecular weight excluding hydrogens is 383 g/mol. The van der Waals surface area contributed by atoms with Crippen LogP contribution in [0.15, 0.2) is 12.2 Å². The van der Waals surface area contributed by atoms with E-state index in [0.717, 1.165) is 12.8 Å². The summed E-state index contributed by atoms with van der Waals surface area (Å²) in [6.45, 7) is 4.98. The first-order valence-corrected chi connectivity index (χ1v) is 10.6. The van der Waals surface area contributed by atoms with E-state index in [1.54, 1.807) is 0 Å². The number of aliphatic carboxylic acids is 2. The molecule has 0 rings (SSSR count). The summed E-state index contributed by atoms with van der Waals surface area (Å²) in [4.78, 5) is 33.3. The fraction of sp³-hybridized carbons (Fsp3) is 0.762. The number of unbranched alkanes of at least 4 members (excludes halogenated alkanes) is 3. The number of carboxylic acids is 2. The number of aliphatic hydroxyl groups excluding tert-OH is 1. The van der Waals surface area contributed by atoms with Crippen molar-refractivity contribution < 1.29 is 53.0 Å². The van der Waals surface area contributed by atoms with Crippen molar-refractivity contribution in [2.45, 2.75) is 64.7 Å². The molecule has 0 aromatic carbocycles. The largest absolute Gasteiger partial charge is 1.00 e. The number of hydrogen-bond acceptors (Lipinski definition) is 5. The van der Waals surface area contributed by atoms with Crippen LogP contribution in [0.5, 0.6) is 0 Å². The Kier molecular flexibility index (Phi) is 20.2. The van der Waals surface area contributed by atoms with Crippen LogP contribution in [0.3, 0.4) is 0 Å². The average molecular weight is 421 g/mol. The standard InChI is InChI=1S/C21H38N2O6.Li/c1-2-3-4-5-10-19(25)22-13-16-23(17-18-24,14-8-6-11-20(26)27)15-9-7-12-21(28)29;/h4-5,24H,2-3,6-18H2,1H3,(H2-,22,25,26,27,28,29);/q;+1/b5-4+;. The van der Waals surface area contributed by atoms with Gasteiger partial charge in [0.1, 0.15) is 6.54 Å². The van der Waals surface area contributed by atoms with Gasteiger partial charge in [-0.15, -0.1) is 0 Å². The summed E-state index contributed by atoms with van der Waals surface area (Å²) in [5.41, 5.74) is 0. The van der Waals surface area contributed by atoms with Crippen molar-refractivity contribution in [1.29, 1.82) is 0 Å². The minimum Gasteiger partial charge on any atom is -0.550 e. The molecule has 0 aliphatic carbocycles. The summed E-state index contributed by atoms with van der Waals surface area (Å²) in [5.74, 6) is -1.96. The SMILES string of the molecule is CCC/C=C/CC(=O)NCC[N+](CCO)(CCCCC(=O)[O-])CCCCC(=O)O.[Li+]. The van der Waals surface area contributed by atoms with Crippen molar-refractivity contribution in [2.75, 3.05) is 39.3 Å². The molecule has 0 bridgehead atoms. The molecule has 0 aliphatic heterocycles. The van der Waals surface area contributed by atoms with Crippen LogP contribution in [0.2, 0.25) is 0 Å². The van der Waals surface area contributed by atoms with E-state index in [1.807, 2.05) is 12.2 Å². The van der Waals surface area contributed by atoms with Gasteiger partial charge in [0.05, 0.1) is 32.8 Å². The van der Waals surface area contributed by atoms with Gasteiger partial charge in [-0.3, -0.25) is 9.59 Å². The van der Waals surface area contributed by atoms with E-state index in [1.165, 1.54) is 0 Å². The Morgan fingerprint density at radius 2 is 1.60 bits per heavy atom. The number of quaternary nitrogens is 1. The zero-order valence-electron chi connectivity index (χ0n) is 18.7. The molecule has 8 nitrogen and oxygen atoms in total. The van der Waals surface area contributed by atoms with Gasteiger partial charge in [0.2, 0.25) is 5.91 Å². The zero-order chi connectivity index (χ0) is 22.0. The van der Waals surface area contributed by atoms with Crippen molar-refractivity contribution in [3.8, 4) is 0 Å². The van der Waals surface area contributed by atoms with Crippen LogP contribution in [0.1, 0.15) is 64.7 Å². The Balaban J connectivity index is 0. The fourth-order valence-corrected chi connectivity index (χ4v) is 3.30. The molecule has 0 spiro atoms. The Morgan fingerprint density at radius 1 is 0.967 bits per heavy atom. The Morgan fingerprint density at radius 3 is 2.13 bits per heavy atom. The van der Waals surface area contributed by atoms with Crippen LogP contribution in [0, 0.1) is 0 Å². The van der Waals surface area contributed by atoms with Crippen molar-refractivity contribution in [2.24, 2.45) is 0 Å². The van der Waals surface area contributed by atoms with E-state index in [4.69, 9.17) is 5.11 Å². The summed E-state index contributed by atoms with van der Waals surface area (Å²) in [5, 5.41) is 31.9. The molecule has 0 aromatic heterocycles. The van der Waals surface area contributed by atoms with E-state index in [0.29, 0.717) is 69.3 Å². The van der Waals surface area contributed by atoms with E-state index < -0.39 is 11.9 Å². The molecule has 0 heterocycles. The van der Waals surface area contributed by atoms with Gasteiger partial charge in [0.25, 0.3) is 0 Å². The molecule has 0 radical (unpaired) electrons. The number of carboxylic acid groups (broad SMARTS) is 2.